The van der Waals surface area contributed by atoms with Crippen LogP contribution in [0.1, 0.15) is 13.3 Å². The summed E-state index contributed by atoms with van der Waals surface area (Å²) >= 11 is 0. The lowest BCUT2D eigenvalue weighted by Crippen LogP contribution is -1.86. The van der Waals surface area contributed by atoms with E-state index in [9.17, 15) is 4.79 Å². The SMILES string of the molecule is CCC(=O)O.Oc1ccc(O)cc1. The summed E-state index contributed by atoms with van der Waals surface area (Å²) in [5.41, 5.74) is 0. The molecule has 0 unspecified atom stereocenters. The fourth-order valence-electron chi connectivity index (χ4n) is 0.453. The second-order valence-electron chi connectivity index (χ2n) is 2.26. The van der Waals surface area contributed by atoms with E-state index in [0.29, 0.717) is 0 Å². The van der Waals surface area contributed by atoms with Gasteiger partial charge >= 0.3 is 5.97 Å². The molecule has 4 heteroatoms. The van der Waals surface area contributed by atoms with E-state index in [1.807, 2.05) is 0 Å². The first kappa shape index (κ1) is 11.3. The van der Waals surface area contributed by atoms with Crippen LogP contribution in [-0.2, 0) is 4.79 Å². The van der Waals surface area contributed by atoms with Crippen molar-refractivity contribution in [2.45, 2.75) is 13.3 Å². The third kappa shape index (κ3) is 6.68. The van der Waals surface area contributed by atoms with E-state index in [0.717, 1.165) is 0 Å². The molecule has 0 fully saturated rings. The summed E-state index contributed by atoms with van der Waals surface area (Å²) in [7, 11) is 0. The molecule has 72 valence electrons. The first-order chi connectivity index (χ1) is 6.06. The Kier molecular flexibility index (Phi) is 5.11. The summed E-state index contributed by atoms with van der Waals surface area (Å²) in [6.45, 7) is 1.60. The van der Waals surface area contributed by atoms with Crippen LogP contribution in [0.25, 0.3) is 0 Å². The van der Waals surface area contributed by atoms with Crippen molar-refractivity contribution < 1.29 is 20.1 Å². The van der Waals surface area contributed by atoms with Gasteiger partial charge < -0.3 is 15.3 Å². The molecule has 0 heterocycles. The molecule has 1 rings (SSSR count). The summed E-state index contributed by atoms with van der Waals surface area (Å²) in [4.78, 5) is 9.37. The highest BCUT2D eigenvalue weighted by molar-refractivity contribution is 5.66. The fraction of sp³-hybridized carbons (Fsp3) is 0.222. The third-order valence-corrected chi connectivity index (χ3v) is 1.15. The predicted octanol–water partition coefficient (Wildman–Crippen LogP) is 1.58. The van der Waals surface area contributed by atoms with E-state index in [1.165, 1.54) is 24.3 Å². The summed E-state index contributed by atoms with van der Waals surface area (Å²) in [6.07, 6.45) is 0.222. The molecule has 0 aliphatic carbocycles. The Morgan fingerprint density at radius 3 is 1.54 bits per heavy atom. The number of hydrogen-bond acceptors (Lipinski definition) is 3. The van der Waals surface area contributed by atoms with Crippen molar-refractivity contribution in [3.8, 4) is 11.5 Å². The van der Waals surface area contributed by atoms with E-state index < -0.39 is 5.97 Å². The lowest BCUT2D eigenvalue weighted by atomic mass is 10.3. The molecular weight excluding hydrogens is 172 g/mol. The topological polar surface area (TPSA) is 77.8 Å². The highest BCUT2D eigenvalue weighted by atomic mass is 16.4. The molecule has 0 saturated carbocycles. The number of rotatable bonds is 1. The zero-order chi connectivity index (χ0) is 10.3. The molecule has 4 nitrogen and oxygen atoms in total. The highest BCUT2D eigenvalue weighted by Gasteiger charge is 1.84. The van der Waals surface area contributed by atoms with Gasteiger partial charge in [0, 0.05) is 6.42 Å². The maximum atomic E-state index is 9.37. The van der Waals surface area contributed by atoms with Gasteiger partial charge in [0.1, 0.15) is 11.5 Å². The lowest BCUT2D eigenvalue weighted by Gasteiger charge is -1.88. The molecule has 0 atom stereocenters. The second-order valence-corrected chi connectivity index (χ2v) is 2.26. The van der Waals surface area contributed by atoms with E-state index in [-0.39, 0.29) is 17.9 Å². The molecule has 0 spiro atoms. The Morgan fingerprint density at radius 2 is 1.38 bits per heavy atom. The molecule has 0 aliphatic rings. The molecule has 13 heavy (non-hydrogen) atoms. The van der Waals surface area contributed by atoms with E-state index in [4.69, 9.17) is 15.3 Å². The van der Waals surface area contributed by atoms with Crippen molar-refractivity contribution in [3.63, 3.8) is 0 Å². The van der Waals surface area contributed by atoms with Crippen molar-refractivity contribution in [3.05, 3.63) is 24.3 Å². The van der Waals surface area contributed by atoms with Gasteiger partial charge in [-0.15, -0.1) is 0 Å². The predicted molar refractivity (Wildman–Crippen MR) is 47.7 cm³/mol. The molecule has 0 saturated heterocycles. The van der Waals surface area contributed by atoms with Crippen LogP contribution in [0.4, 0.5) is 0 Å². The summed E-state index contributed by atoms with van der Waals surface area (Å²) < 4.78 is 0. The van der Waals surface area contributed by atoms with Gasteiger partial charge in [-0.1, -0.05) is 6.92 Å². The van der Waals surface area contributed by atoms with E-state index in [1.54, 1.807) is 6.92 Å². The molecule has 1 aromatic carbocycles. The highest BCUT2D eigenvalue weighted by Crippen LogP contribution is 2.13. The lowest BCUT2D eigenvalue weighted by molar-refractivity contribution is -0.136. The summed E-state index contributed by atoms with van der Waals surface area (Å²) in [5, 5.41) is 25.0. The summed E-state index contributed by atoms with van der Waals surface area (Å²) in [6, 6.07) is 5.70. The zero-order valence-electron chi connectivity index (χ0n) is 7.27. The van der Waals surface area contributed by atoms with E-state index >= 15 is 0 Å². The quantitative estimate of drug-likeness (QED) is 0.579. The molecule has 0 amide bonds. The number of benzene rings is 1. The third-order valence-electron chi connectivity index (χ3n) is 1.15. The fourth-order valence-corrected chi connectivity index (χ4v) is 0.453. The monoisotopic (exact) mass is 184 g/mol. The molecule has 0 aliphatic heterocycles. The van der Waals surface area contributed by atoms with Crippen molar-refractivity contribution in [2.75, 3.05) is 0 Å². The first-order valence-corrected chi connectivity index (χ1v) is 3.76. The Bertz CT molecular complexity index is 232. The van der Waals surface area contributed by atoms with Crippen LogP contribution in [0.15, 0.2) is 24.3 Å². The number of carboxylic acid groups (broad SMARTS) is 1. The Morgan fingerprint density at radius 1 is 1.15 bits per heavy atom. The van der Waals surface area contributed by atoms with Crippen molar-refractivity contribution >= 4 is 5.97 Å². The van der Waals surface area contributed by atoms with Crippen LogP contribution >= 0.6 is 0 Å². The van der Waals surface area contributed by atoms with Gasteiger partial charge in [0.15, 0.2) is 0 Å². The number of hydrogen-bond donors (Lipinski definition) is 3. The van der Waals surface area contributed by atoms with Crippen LogP contribution < -0.4 is 0 Å². The number of aromatic hydroxyl groups is 2. The maximum absolute atomic E-state index is 9.37. The van der Waals surface area contributed by atoms with Crippen molar-refractivity contribution in [2.24, 2.45) is 0 Å². The second kappa shape index (κ2) is 5.88. The Balaban J connectivity index is 0.000000252. The normalized spacial score (nSPS) is 8.38. The first-order valence-electron chi connectivity index (χ1n) is 3.76. The van der Waals surface area contributed by atoms with Crippen LogP contribution in [0.5, 0.6) is 11.5 Å². The molecule has 0 radical (unpaired) electrons. The van der Waals surface area contributed by atoms with Gasteiger partial charge in [0.25, 0.3) is 0 Å². The van der Waals surface area contributed by atoms with Gasteiger partial charge in [-0.3, -0.25) is 4.79 Å². The van der Waals surface area contributed by atoms with Gasteiger partial charge in [-0.25, -0.2) is 0 Å². The van der Waals surface area contributed by atoms with Crippen LogP contribution in [0.3, 0.4) is 0 Å². The number of phenolic OH excluding ortho intramolecular Hbond substituents is 2. The zero-order valence-corrected chi connectivity index (χ0v) is 7.27. The van der Waals surface area contributed by atoms with Gasteiger partial charge in [0.05, 0.1) is 0 Å². The van der Waals surface area contributed by atoms with Crippen molar-refractivity contribution in [1.29, 1.82) is 0 Å². The standard InChI is InChI=1S/C6H6O2.C3H6O2/c7-5-1-2-6(8)4-3-5;1-2-3(4)5/h1-4,7-8H;2H2,1H3,(H,4,5). The molecular formula is C9H12O4. The minimum atomic E-state index is -0.745. The molecule has 1 aromatic rings. The number of phenols is 2. The average Bonchev–Trinajstić information content (AvgIpc) is 2.11. The van der Waals surface area contributed by atoms with E-state index in [2.05, 4.69) is 0 Å². The minimum Gasteiger partial charge on any atom is -0.508 e. The largest absolute Gasteiger partial charge is 0.508 e. The maximum Gasteiger partial charge on any atom is 0.303 e. The van der Waals surface area contributed by atoms with Gasteiger partial charge in [0.2, 0.25) is 0 Å². The summed E-state index contributed by atoms with van der Waals surface area (Å²) in [5.74, 6) is -0.407. The number of carbonyl (C=O) groups is 1. The average molecular weight is 184 g/mol. The van der Waals surface area contributed by atoms with Crippen LogP contribution in [-0.4, -0.2) is 21.3 Å². The Labute approximate surface area is 76.1 Å². The molecule has 0 bridgehead atoms. The number of carboxylic acids is 1. The minimum absolute atomic E-state index is 0.169. The molecule has 3 N–H and O–H groups in total. The Hall–Kier alpha value is -1.71. The molecule has 0 aromatic heterocycles. The smallest absolute Gasteiger partial charge is 0.303 e. The van der Waals surface area contributed by atoms with Gasteiger partial charge in [-0.2, -0.15) is 0 Å². The van der Waals surface area contributed by atoms with Gasteiger partial charge in [-0.05, 0) is 24.3 Å². The van der Waals surface area contributed by atoms with Crippen LogP contribution in [0.2, 0.25) is 0 Å². The van der Waals surface area contributed by atoms with Crippen molar-refractivity contribution in [1.82, 2.24) is 0 Å². The van der Waals surface area contributed by atoms with Crippen LogP contribution in [0, 0.1) is 0 Å². The number of aliphatic carboxylic acids is 1.